The maximum absolute atomic E-state index is 12.2. The van der Waals surface area contributed by atoms with Crippen LogP contribution < -0.4 is 10.6 Å². The van der Waals surface area contributed by atoms with Crippen molar-refractivity contribution in [3.8, 4) is 0 Å². The number of alkyl halides is 3. The van der Waals surface area contributed by atoms with Crippen LogP contribution in [0.4, 0.5) is 18.0 Å². The number of ether oxygens (including phenoxy) is 1. The van der Waals surface area contributed by atoms with E-state index in [1.165, 1.54) is 0 Å². The molecule has 0 saturated heterocycles. The first-order chi connectivity index (χ1) is 10.8. The average Bonchev–Trinajstić information content (AvgIpc) is 2.97. The maximum atomic E-state index is 12.2. The molecule has 3 N–H and O–H groups in total. The predicted molar refractivity (Wildman–Crippen MR) is 77.9 cm³/mol. The summed E-state index contributed by atoms with van der Waals surface area (Å²) in [6.07, 6.45) is -2.46. The minimum atomic E-state index is -4.65. The van der Waals surface area contributed by atoms with Gasteiger partial charge in [0, 0.05) is 24.6 Å². The monoisotopic (exact) mass is 338 g/mol. The molecular weight excluding hydrogens is 313 g/mol. The molecule has 0 aromatic heterocycles. The number of hydrogen-bond acceptors (Lipinski definition) is 3. The van der Waals surface area contributed by atoms with Crippen LogP contribution in [0.3, 0.4) is 0 Å². The van der Waals surface area contributed by atoms with Crippen molar-refractivity contribution in [1.29, 1.82) is 0 Å². The highest BCUT2D eigenvalue weighted by atomic mass is 19.4. The Labute approximate surface area is 134 Å². The van der Waals surface area contributed by atoms with Crippen LogP contribution in [-0.4, -0.2) is 48.7 Å². The molecule has 0 aromatic carbocycles. The molecule has 3 unspecified atom stereocenters. The fraction of sp³-hybridized carbons (Fsp3) is 0.933. The molecule has 0 aliphatic heterocycles. The number of carbonyl (C=O) groups is 1. The Hall–Kier alpha value is -1.02. The van der Waals surface area contributed by atoms with Crippen LogP contribution in [0.1, 0.15) is 45.4 Å². The number of urea groups is 1. The second kappa shape index (κ2) is 7.25. The second-order valence-corrected chi connectivity index (χ2v) is 6.42. The second-order valence-electron chi connectivity index (χ2n) is 6.42. The highest BCUT2D eigenvalue weighted by Gasteiger charge is 2.57. The molecular formula is C15H25F3N2O3. The fourth-order valence-electron chi connectivity index (χ4n) is 3.78. The summed E-state index contributed by atoms with van der Waals surface area (Å²) in [7, 11) is 0. The molecule has 2 aliphatic rings. The van der Waals surface area contributed by atoms with Crippen LogP contribution in [0, 0.1) is 5.41 Å². The lowest BCUT2D eigenvalue weighted by Gasteiger charge is -2.53. The van der Waals surface area contributed by atoms with Gasteiger partial charge in [0.2, 0.25) is 0 Å². The Morgan fingerprint density at radius 3 is 2.61 bits per heavy atom. The van der Waals surface area contributed by atoms with Gasteiger partial charge in [-0.2, -0.15) is 13.2 Å². The SMILES string of the molecule is CCOC1CC(NC(=O)NCCC(O)C(F)(F)F)C12CCCC2. The molecule has 0 heterocycles. The standard InChI is InChI=1S/C15H25F3N2O3/c1-2-23-12-9-10(14(12)6-3-4-7-14)20-13(22)19-8-5-11(21)15(16,17)18/h10-12,21H,2-9H2,1H3,(H2,19,20,22). The number of halogens is 3. The lowest BCUT2D eigenvalue weighted by Crippen LogP contribution is -2.64. The number of aliphatic hydroxyl groups excluding tert-OH is 1. The highest BCUT2D eigenvalue weighted by molar-refractivity contribution is 5.74. The van der Waals surface area contributed by atoms with E-state index in [4.69, 9.17) is 9.84 Å². The van der Waals surface area contributed by atoms with E-state index in [0.717, 1.165) is 32.1 Å². The molecule has 2 fully saturated rings. The zero-order valence-electron chi connectivity index (χ0n) is 13.3. The molecule has 5 nitrogen and oxygen atoms in total. The van der Waals surface area contributed by atoms with Gasteiger partial charge in [-0.1, -0.05) is 12.8 Å². The zero-order chi connectivity index (χ0) is 17.1. The van der Waals surface area contributed by atoms with E-state index in [-0.39, 0.29) is 24.1 Å². The van der Waals surface area contributed by atoms with Crippen molar-refractivity contribution < 1.29 is 27.8 Å². The molecule has 0 bridgehead atoms. The van der Waals surface area contributed by atoms with Gasteiger partial charge in [-0.15, -0.1) is 0 Å². The van der Waals surface area contributed by atoms with Gasteiger partial charge >= 0.3 is 12.2 Å². The number of amides is 2. The smallest absolute Gasteiger partial charge is 0.384 e. The molecule has 2 rings (SSSR count). The summed E-state index contributed by atoms with van der Waals surface area (Å²) in [5, 5.41) is 14.1. The van der Waals surface area contributed by atoms with Gasteiger partial charge < -0.3 is 20.5 Å². The average molecular weight is 338 g/mol. The Bertz CT molecular complexity index is 411. The molecule has 134 valence electrons. The minimum absolute atomic E-state index is 0.00842. The Morgan fingerprint density at radius 2 is 2.04 bits per heavy atom. The molecule has 2 saturated carbocycles. The third kappa shape index (κ3) is 4.09. The Balaban J connectivity index is 1.75. The molecule has 23 heavy (non-hydrogen) atoms. The van der Waals surface area contributed by atoms with Gasteiger partial charge in [0.25, 0.3) is 0 Å². The van der Waals surface area contributed by atoms with Crippen LogP contribution >= 0.6 is 0 Å². The van der Waals surface area contributed by atoms with Crippen LogP contribution in [0.15, 0.2) is 0 Å². The highest BCUT2D eigenvalue weighted by Crippen LogP contribution is 2.54. The number of nitrogens with one attached hydrogen (secondary N) is 2. The van der Waals surface area contributed by atoms with Crippen molar-refractivity contribution in [2.24, 2.45) is 5.41 Å². The largest absolute Gasteiger partial charge is 0.414 e. The quantitative estimate of drug-likeness (QED) is 0.696. The van der Waals surface area contributed by atoms with Crippen LogP contribution in [0.5, 0.6) is 0 Å². The molecule has 8 heteroatoms. The maximum Gasteiger partial charge on any atom is 0.414 e. The molecule has 0 radical (unpaired) electrons. The lowest BCUT2D eigenvalue weighted by molar-refractivity contribution is -0.204. The first kappa shape index (κ1) is 18.3. The van der Waals surface area contributed by atoms with Crippen molar-refractivity contribution in [1.82, 2.24) is 10.6 Å². The van der Waals surface area contributed by atoms with Crippen LogP contribution in [-0.2, 0) is 4.74 Å². The molecule has 1 spiro atoms. The van der Waals surface area contributed by atoms with Crippen LogP contribution in [0.2, 0.25) is 0 Å². The lowest BCUT2D eigenvalue weighted by atomic mass is 9.60. The van der Waals surface area contributed by atoms with E-state index in [1.807, 2.05) is 6.92 Å². The van der Waals surface area contributed by atoms with Crippen molar-refractivity contribution in [2.45, 2.75) is 69.9 Å². The topological polar surface area (TPSA) is 70.6 Å². The number of rotatable bonds is 6. The third-order valence-electron chi connectivity index (χ3n) is 5.07. The van der Waals surface area contributed by atoms with Gasteiger partial charge in [0.05, 0.1) is 6.10 Å². The zero-order valence-corrected chi connectivity index (χ0v) is 13.3. The van der Waals surface area contributed by atoms with E-state index in [2.05, 4.69) is 10.6 Å². The minimum Gasteiger partial charge on any atom is -0.384 e. The summed E-state index contributed by atoms with van der Waals surface area (Å²) >= 11 is 0. The van der Waals surface area contributed by atoms with Gasteiger partial charge in [0.15, 0.2) is 6.10 Å². The van der Waals surface area contributed by atoms with Gasteiger partial charge in [-0.05, 0) is 32.6 Å². The predicted octanol–water partition coefficient (Wildman–Crippen LogP) is 2.34. The first-order valence-electron chi connectivity index (χ1n) is 8.20. The number of aliphatic hydroxyl groups is 1. The van der Waals surface area contributed by atoms with E-state index in [9.17, 15) is 18.0 Å². The fourth-order valence-corrected chi connectivity index (χ4v) is 3.78. The van der Waals surface area contributed by atoms with Gasteiger partial charge in [0.1, 0.15) is 0 Å². The summed E-state index contributed by atoms with van der Waals surface area (Å²) in [6.45, 7) is 2.36. The van der Waals surface area contributed by atoms with Crippen molar-refractivity contribution in [3.63, 3.8) is 0 Å². The summed E-state index contributed by atoms with van der Waals surface area (Å²) in [5.41, 5.74) is -0.0150. The van der Waals surface area contributed by atoms with Crippen molar-refractivity contribution in [3.05, 3.63) is 0 Å². The van der Waals surface area contributed by atoms with E-state index in [1.54, 1.807) is 0 Å². The van der Waals surface area contributed by atoms with Gasteiger partial charge in [-0.3, -0.25) is 0 Å². The molecule has 2 amide bonds. The summed E-state index contributed by atoms with van der Waals surface area (Å²) in [6, 6.07) is -0.473. The van der Waals surface area contributed by atoms with E-state index >= 15 is 0 Å². The molecule has 2 aliphatic carbocycles. The normalized spacial score (nSPS) is 27.5. The summed E-state index contributed by atoms with van der Waals surface area (Å²) in [5.74, 6) is 0. The van der Waals surface area contributed by atoms with Crippen molar-refractivity contribution >= 4 is 6.03 Å². The summed E-state index contributed by atoms with van der Waals surface area (Å²) in [4.78, 5) is 11.9. The number of carbonyl (C=O) groups excluding carboxylic acids is 1. The summed E-state index contributed by atoms with van der Waals surface area (Å²) < 4.78 is 42.3. The van der Waals surface area contributed by atoms with Crippen LogP contribution in [0.25, 0.3) is 0 Å². The Morgan fingerprint density at radius 1 is 1.39 bits per heavy atom. The van der Waals surface area contributed by atoms with E-state index < -0.39 is 24.7 Å². The van der Waals surface area contributed by atoms with Gasteiger partial charge in [-0.25, -0.2) is 4.79 Å². The van der Waals surface area contributed by atoms with E-state index in [0.29, 0.717) is 6.61 Å². The number of hydrogen-bond donors (Lipinski definition) is 3. The molecule has 3 atom stereocenters. The van der Waals surface area contributed by atoms with Crippen molar-refractivity contribution in [2.75, 3.05) is 13.2 Å². The third-order valence-corrected chi connectivity index (χ3v) is 5.07. The Kier molecular flexibility index (Phi) is 5.78. The molecule has 0 aromatic rings. The first-order valence-corrected chi connectivity index (χ1v) is 8.20.